The predicted octanol–water partition coefficient (Wildman–Crippen LogP) is 18.9. The topological polar surface area (TPSA) is 57.1 Å². The Morgan fingerprint density at radius 1 is 0.333 bits per heavy atom. The molecule has 0 spiro atoms. The van der Waals surface area contributed by atoms with E-state index in [0.29, 0.717) is 13.2 Å². The van der Waals surface area contributed by atoms with E-state index in [4.69, 9.17) is 24.4 Å². The van der Waals surface area contributed by atoms with Crippen LogP contribution in [0.1, 0.15) is 76.3 Å². The highest BCUT2D eigenvalue weighted by molar-refractivity contribution is 9.10. The van der Waals surface area contributed by atoms with Gasteiger partial charge in [0.15, 0.2) is 0 Å². The van der Waals surface area contributed by atoms with Crippen LogP contribution < -0.4 is 0 Å². The summed E-state index contributed by atoms with van der Waals surface area (Å²) in [5.74, 6) is 0. The molecule has 0 aliphatic carbocycles. The molecule has 3 aromatic heterocycles. The molecule has 0 unspecified atom stereocenters. The van der Waals surface area contributed by atoms with E-state index in [9.17, 15) is 0 Å². The first-order valence-electron chi connectivity index (χ1n) is 25.5. The number of nitrogens with zero attached hydrogens (tertiary/aromatic N) is 3. The summed E-state index contributed by atoms with van der Waals surface area (Å²) >= 11 is 7.19. The Bertz CT molecular complexity index is 2930. The molecule has 0 bridgehead atoms. The van der Waals surface area contributed by atoms with Crippen molar-refractivity contribution in [3.05, 3.63) is 208 Å². The van der Waals surface area contributed by atoms with Crippen molar-refractivity contribution in [3.8, 4) is 89.5 Å². The number of unbranched alkanes of at least 4 members (excludes halogenated alkanes) is 6. The van der Waals surface area contributed by atoms with Crippen LogP contribution in [0.2, 0.25) is 0 Å². The summed E-state index contributed by atoms with van der Waals surface area (Å²) in [4.78, 5) is 14.8. The smallest absolute Gasteiger partial charge is 0.0894 e. The molecular formula is C65H61Br2N3O2. The number of halogens is 2. The van der Waals surface area contributed by atoms with Crippen LogP contribution in [0.3, 0.4) is 0 Å². The number of hydrogen-bond donors (Lipinski definition) is 0. The van der Waals surface area contributed by atoms with E-state index in [0.717, 1.165) is 91.2 Å². The first kappa shape index (κ1) is 50.6. The molecule has 7 heteroatoms. The van der Waals surface area contributed by atoms with Gasteiger partial charge in [0.25, 0.3) is 0 Å². The number of ether oxygens (including phenoxy) is 2. The minimum absolute atomic E-state index is 0.596. The summed E-state index contributed by atoms with van der Waals surface area (Å²) in [5.41, 5.74) is 19.2. The fraction of sp³-hybridized carbons (Fsp3) is 0.215. The summed E-state index contributed by atoms with van der Waals surface area (Å²) in [6.07, 6.45) is 13.4. The fourth-order valence-corrected chi connectivity index (χ4v) is 9.54. The molecule has 72 heavy (non-hydrogen) atoms. The molecule has 0 aliphatic heterocycles. The lowest BCUT2D eigenvalue weighted by Crippen LogP contribution is -1.97. The zero-order chi connectivity index (χ0) is 49.5. The van der Waals surface area contributed by atoms with Gasteiger partial charge < -0.3 is 9.47 Å². The second-order valence-corrected chi connectivity index (χ2v) is 20.3. The molecule has 0 N–H and O–H groups in total. The van der Waals surface area contributed by atoms with Crippen molar-refractivity contribution in [2.24, 2.45) is 0 Å². The van der Waals surface area contributed by atoms with Gasteiger partial charge in [-0.2, -0.15) is 0 Å². The lowest BCUT2D eigenvalue weighted by Gasteiger charge is -2.12. The van der Waals surface area contributed by atoms with Crippen molar-refractivity contribution in [1.29, 1.82) is 0 Å². The van der Waals surface area contributed by atoms with Gasteiger partial charge >= 0.3 is 0 Å². The van der Waals surface area contributed by atoms with E-state index >= 15 is 0 Å². The fourth-order valence-electron chi connectivity index (χ4n) is 9.01. The highest BCUT2D eigenvalue weighted by atomic mass is 79.9. The zero-order valence-electron chi connectivity index (χ0n) is 41.3. The molecule has 3 heterocycles. The van der Waals surface area contributed by atoms with Crippen molar-refractivity contribution in [2.75, 3.05) is 13.2 Å². The average Bonchev–Trinajstić information content (AvgIpc) is 3.43. The van der Waals surface area contributed by atoms with Crippen LogP contribution in [0.4, 0.5) is 0 Å². The maximum Gasteiger partial charge on any atom is 0.0894 e. The van der Waals surface area contributed by atoms with Gasteiger partial charge in [0.1, 0.15) is 0 Å². The third-order valence-electron chi connectivity index (χ3n) is 13.1. The van der Waals surface area contributed by atoms with Crippen LogP contribution >= 0.6 is 31.9 Å². The molecule has 0 saturated carbocycles. The highest BCUT2D eigenvalue weighted by Gasteiger charge is 2.12. The largest absolute Gasteiger partial charge is 0.377 e. The number of hydrogen-bond acceptors (Lipinski definition) is 5. The van der Waals surface area contributed by atoms with E-state index in [2.05, 4.69) is 191 Å². The third-order valence-corrected chi connectivity index (χ3v) is 14.1. The summed E-state index contributed by atoms with van der Waals surface area (Å²) in [7, 11) is 0. The first-order chi connectivity index (χ1) is 35.4. The quantitative estimate of drug-likeness (QED) is 0.0633. The number of benzene rings is 6. The Labute approximate surface area is 443 Å². The minimum Gasteiger partial charge on any atom is -0.377 e. The Hall–Kier alpha value is -6.35. The van der Waals surface area contributed by atoms with Gasteiger partial charge in [-0.25, -0.2) is 4.98 Å². The zero-order valence-corrected chi connectivity index (χ0v) is 44.5. The second kappa shape index (κ2) is 25.3. The Morgan fingerprint density at radius 3 is 1.00 bits per heavy atom. The van der Waals surface area contributed by atoms with Crippen LogP contribution in [0.5, 0.6) is 0 Å². The minimum atomic E-state index is 0.596. The molecule has 0 aliphatic rings. The van der Waals surface area contributed by atoms with Gasteiger partial charge in [-0.3, -0.25) is 9.97 Å². The monoisotopic (exact) mass is 1070 g/mol. The Morgan fingerprint density at radius 2 is 0.667 bits per heavy atom. The van der Waals surface area contributed by atoms with Crippen LogP contribution in [-0.4, -0.2) is 28.2 Å². The van der Waals surface area contributed by atoms with Gasteiger partial charge in [0, 0.05) is 45.7 Å². The van der Waals surface area contributed by atoms with Gasteiger partial charge in [-0.05, 0) is 165 Å². The molecular weight excluding hydrogens is 1010 g/mol. The van der Waals surface area contributed by atoms with Crippen molar-refractivity contribution < 1.29 is 9.47 Å². The molecule has 9 aromatic rings. The lowest BCUT2D eigenvalue weighted by molar-refractivity contribution is 0.117. The van der Waals surface area contributed by atoms with Gasteiger partial charge in [0.05, 0.1) is 36.0 Å². The van der Waals surface area contributed by atoms with E-state index in [1.165, 1.54) is 83.0 Å². The van der Waals surface area contributed by atoms with Gasteiger partial charge in [-0.15, -0.1) is 0 Å². The molecule has 5 nitrogen and oxygen atoms in total. The summed E-state index contributed by atoms with van der Waals surface area (Å²) < 4.78 is 14.4. The van der Waals surface area contributed by atoms with Crippen molar-refractivity contribution in [2.45, 2.75) is 78.4 Å². The lowest BCUT2D eigenvalue weighted by atomic mass is 9.95. The van der Waals surface area contributed by atoms with E-state index in [1.54, 1.807) is 0 Å². The van der Waals surface area contributed by atoms with Crippen LogP contribution in [0, 0.1) is 0 Å². The number of pyridine rings is 3. The van der Waals surface area contributed by atoms with Crippen LogP contribution in [0.25, 0.3) is 89.5 Å². The molecule has 362 valence electrons. The SMILES string of the molecule is CCCCCCOCc1cc(-c2ccc(Br)cc2)cc(-c2ccc(-c3ccc(-c4cccc(-c5ccc(-c6ccc(-c7cc(COCCCCCC)cc(-c8ccc(Br)cc8)c7)cc6)cn5)n4)nc3)cc2)c1. The van der Waals surface area contributed by atoms with Crippen LogP contribution in [0.15, 0.2) is 197 Å². The normalized spacial score (nSPS) is 11.3. The van der Waals surface area contributed by atoms with E-state index in [-0.39, 0.29) is 0 Å². The standard InChI is InChI=1S/C65H61Br2N3O2/c1-3-5-7-9-34-71-44-46-36-56(40-58(38-46)52-22-28-60(66)29-23-52)50-18-14-48(15-19-50)54-26-32-62(68-42-54)64-12-11-13-65(70-64)63-33-27-55(43-69-63)49-16-20-51(21-17-49)57-37-47(45-72-35-10-8-6-4-2)39-59(41-57)53-24-30-61(67)31-25-53/h11-33,36-43H,3-10,34-35,44-45H2,1-2H3. The van der Waals surface area contributed by atoms with Crippen molar-refractivity contribution in [1.82, 2.24) is 15.0 Å². The molecule has 0 fully saturated rings. The molecule has 0 radical (unpaired) electrons. The molecule has 0 atom stereocenters. The average molecular weight is 1080 g/mol. The van der Waals surface area contributed by atoms with Crippen molar-refractivity contribution in [3.63, 3.8) is 0 Å². The highest BCUT2D eigenvalue weighted by Crippen LogP contribution is 2.34. The maximum absolute atomic E-state index is 6.15. The first-order valence-corrected chi connectivity index (χ1v) is 27.0. The van der Waals surface area contributed by atoms with E-state index in [1.807, 2.05) is 42.7 Å². The Kier molecular flexibility index (Phi) is 17.8. The van der Waals surface area contributed by atoms with E-state index < -0.39 is 0 Å². The summed E-state index contributed by atoms with van der Waals surface area (Å²) in [5, 5.41) is 0. The summed E-state index contributed by atoms with van der Waals surface area (Å²) in [6, 6.07) is 62.5. The number of aromatic nitrogens is 3. The maximum atomic E-state index is 6.15. The summed E-state index contributed by atoms with van der Waals surface area (Å²) in [6.45, 7) is 7.24. The number of rotatable bonds is 22. The third kappa shape index (κ3) is 13.6. The molecule has 0 amide bonds. The van der Waals surface area contributed by atoms with Crippen molar-refractivity contribution >= 4 is 31.9 Å². The predicted molar refractivity (Wildman–Crippen MR) is 306 cm³/mol. The Balaban J connectivity index is 0.862. The molecule has 9 rings (SSSR count). The van der Waals surface area contributed by atoms with Gasteiger partial charge in [0.2, 0.25) is 0 Å². The molecule has 0 saturated heterocycles. The second-order valence-electron chi connectivity index (χ2n) is 18.5. The molecule has 6 aromatic carbocycles. The van der Waals surface area contributed by atoms with Crippen LogP contribution in [-0.2, 0) is 22.7 Å². The van der Waals surface area contributed by atoms with Gasteiger partial charge in [-0.1, -0.05) is 175 Å².